The average molecular weight is 348 g/mol. The van der Waals surface area contributed by atoms with Crippen molar-refractivity contribution >= 4 is 17.7 Å². The lowest BCUT2D eigenvalue weighted by atomic mass is 10.0. The minimum atomic E-state index is -4.58. The number of halogens is 3. The van der Waals surface area contributed by atoms with Crippen LogP contribution in [-0.4, -0.2) is 41.8 Å². The van der Waals surface area contributed by atoms with Gasteiger partial charge < -0.3 is 15.4 Å². The Bertz CT molecular complexity index is 561. The van der Waals surface area contributed by atoms with Gasteiger partial charge in [0.05, 0.1) is 13.7 Å². The van der Waals surface area contributed by atoms with Gasteiger partial charge in [0.2, 0.25) is 5.91 Å². The fourth-order valence-corrected chi connectivity index (χ4v) is 1.82. The van der Waals surface area contributed by atoms with Gasteiger partial charge in [0.25, 0.3) is 0 Å². The smallest absolute Gasteiger partial charge is 0.435 e. The van der Waals surface area contributed by atoms with Crippen molar-refractivity contribution in [2.45, 2.75) is 32.5 Å². The van der Waals surface area contributed by atoms with E-state index < -0.39 is 29.8 Å². The van der Waals surface area contributed by atoms with E-state index in [1.165, 1.54) is 7.11 Å². The van der Waals surface area contributed by atoms with Gasteiger partial charge in [-0.3, -0.25) is 4.79 Å². The zero-order valence-electron chi connectivity index (χ0n) is 13.5. The van der Waals surface area contributed by atoms with Gasteiger partial charge in [-0.2, -0.15) is 13.2 Å². The summed E-state index contributed by atoms with van der Waals surface area (Å²) < 4.78 is 41.7. The van der Waals surface area contributed by atoms with E-state index in [9.17, 15) is 22.8 Å². The minimum Gasteiger partial charge on any atom is -0.467 e. The van der Waals surface area contributed by atoms with Gasteiger partial charge in [-0.05, 0) is 24.5 Å². The molecule has 1 rings (SSSR count). The number of carbonyl (C=O) groups excluding carboxylic acids is 2. The quantitative estimate of drug-likeness (QED) is 0.727. The van der Waals surface area contributed by atoms with Crippen molar-refractivity contribution in [3.05, 3.63) is 17.8 Å². The summed E-state index contributed by atoms with van der Waals surface area (Å²) in [5.74, 6) is -0.918. The van der Waals surface area contributed by atoms with E-state index in [1.54, 1.807) is 0 Å². The zero-order valence-corrected chi connectivity index (χ0v) is 13.5. The molecule has 0 saturated carbocycles. The molecule has 10 heteroatoms. The highest BCUT2D eigenvalue weighted by Crippen LogP contribution is 2.26. The maximum Gasteiger partial charge on any atom is 0.435 e. The van der Waals surface area contributed by atoms with Crippen LogP contribution < -0.4 is 10.6 Å². The Morgan fingerprint density at radius 2 is 1.92 bits per heavy atom. The molecule has 134 valence electrons. The predicted octanol–water partition coefficient (Wildman–Crippen LogP) is 1.61. The van der Waals surface area contributed by atoms with Crippen LogP contribution in [0.25, 0.3) is 0 Å². The number of hydrogen-bond acceptors (Lipinski definition) is 6. The van der Waals surface area contributed by atoms with Gasteiger partial charge in [-0.15, -0.1) is 10.2 Å². The van der Waals surface area contributed by atoms with Crippen molar-refractivity contribution in [1.82, 2.24) is 15.5 Å². The van der Waals surface area contributed by atoms with E-state index >= 15 is 0 Å². The molecule has 1 aromatic rings. The van der Waals surface area contributed by atoms with Crippen LogP contribution in [0.3, 0.4) is 0 Å². The first-order valence-corrected chi connectivity index (χ1v) is 7.15. The molecule has 1 aromatic heterocycles. The maximum atomic E-state index is 12.4. The number of aromatic nitrogens is 2. The molecule has 0 aliphatic carbocycles. The summed E-state index contributed by atoms with van der Waals surface area (Å²) in [7, 11) is 1.22. The molecule has 0 radical (unpaired) electrons. The van der Waals surface area contributed by atoms with Crippen molar-refractivity contribution in [2.24, 2.45) is 5.92 Å². The molecule has 1 atom stereocenters. The van der Waals surface area contributed by atoms with Crippen molar-refractivity contribution < 1.29 is 27.5 Å². The molecule has 7 nitrogen and oxygen atoms in total. The monoisotopic (exact) mass is 348 g/mol. The van der Waals surface area contributed by atoms with E-state index in [4.69, 9.17) is 0 Å². The van der Waals surface area contributed by atoms with Crippen LogP contribution in [0, 0.1) is 5.92 Å². The zero-order chi connectivity index (χ0) is 18.3. The van der Waals surface area contributed by atoms with Crippen LogP contribution in [0.4, 0.5) is 19.0 Å². The molecule has 1 heterocycles. The van der Waals surface area contributed by atoms with E-state index in [0.29, 0.717) is 6.42 Å². The number of ether oxygens (including phenoxy) is 1. The number of nitrogens with one attached hydrogen (secondary N) is 2. The number of alkyl halides is 3. The van der Waals surface area contributed by atoms with Crippen molar-refractivity contribution in [2.75, 3.05) is 19.0 Å². The SMILES string of the molecule is COC(=O)[C@H](CC(C)C)NC(=O)CNc1ccc(C(F)(F)F)nn1. The average Bonchev–Trinajstić information content (AvgIpc) is 2.50. The molecule has 0 aliphatic rings. The number of nitrogens with zero attached hydrogens (tertiary/aromatic N) is 2. The number of rotatable bonds is 7. The molecule has 24 heavy (non-hydrogen) atoms. The summed E-state index contributed by atoms with van der Waals surface area (Å²) in [6, 6.07) is 1.03. The van der Waals surface area contributed by atoms with Crippen molar-refractivity contribution in [1.29, 1.82) is 0 Å². The van der Waals surface area contributed by atoms with Gasteiger partial charge in [0, 0.05) is 0 Å². The first kappa shape index (κ1) is 19.7. The Morgan fingerprint density at radius 1 is 1.25 bits per heavy atom. The fourth-order valence-electron chi connectivity index (χ4n) is 1.82. The topological polar surface area (TPSA) is 93.2 Å². The van der Waals surface area contributed by atoms with Crippen LogP contribution >= 0.6 is 0 Å². The molecule has 0 spiro atoms. The first-order valence-electron chi connectivity index (χ1n) is 7.15. The van der Waals surface area contributed by atoms with Gasteiger partial charge >= 0.3 is 12.1 Å². The van der Waals surface area contributed by atoms with Crippen LogP contribution in [-0.2, 0) is 20.5 Å². The molecule has 0 saturated heterocycles. The van der Waals surface area contributed by atoms with Crippen LogP contribution in [0.2, 0.25) is 0 Å². The highest BCUT2D eigenvalue weighted by Gasteiger charge is 2.32. The number of amides is 1. The molecular formula is C14H19F3N4O3. The normalized spacial score (nSPS) is 12.6. The van der Waals surface area contributed by atoms with E-state index in [1.807, 2.05) is 13.8 Å². The lowest BCUT2D eigenvalue weighted by Crippen LogP contribution is -2.44. The van der Waals surface area contributed by atoms with Crippen LogP contribution in [0.15, 0.2) is 12.1 Å². The fraction of sp³-hybridized carbons (Fsp3) is 0.571. The van der Waals surface area contributed by atoms with Crippen molar-refractivity contribution in [3.8, 4) is 0 Å². The Kier molecular flexibility index (Phi) is 6.93. The standard InChI is InChI=1S/C14H19F3N4O3/c1-8(2)6-9(13(23)24-3)19-12(22)7-18-11-5-4-10(20-21-11)14(15,16)17/h4-5,8-9H,6-7H2,1-3H3,(H,18,21)(H,19,22)/t9-/m0/s1. The largest absolute Gasteiger partial charge is 0.467 e. The van der Waals surface area contributed by atoms with Crippen molar-refractivity contribution in [3.63, 3.8) is 0 Å². The Labute approximate surface area is 137 Å². The maximum absolute atomic E-state index is 12.4. The summed E-state index contributed by atoms with van der Waals surface area (Å²) in [6.07, 6.45) is -4.17. The Hall–Kier alpha value is -2.39. The number of hydrogen-bond donors (Lipinski definition) is 2. The highest BCUT2D eigenvalue weighted by atomic mass is 19.4. The lowest BCUT2D eigenvalue weighted by Gasteiger charge is -2.18. The number of esters is 1. The molecule has 0 aliphatic heterocycles. The Morgan fingerprint density at radius 3 is 2.38 bits per heavy atom. The molecule has 0 fully saturated rings. The lowest BCUT2D eigenvalue weighted by molar-refractivity contribution is -0.145. The second kappa shape index (κ2) is 8.46. The van der Waals surface area contributed by atoms with E-state index in [-0.39, 0.29) is 18.3 Å². The highest BCUT2D eigenvalue weighted by molar-refractivity contribution is 5.86. The van der Waals surface area contributed by atoms with E-state index in [0.717, 1.165) is 12.1 Å². The molecule has 1 amide bonds. The minimum absolute atomic E-state index is 0.0108. The number of methoxy groups -OCH3 is 1. The third-order valence-electron chi connectivity index (χ3n) is 2.91. The third-order valence-corrected chi connectivity index (χ3v) is 2.91. The summed E-state index contributed by atoms with van der Waals surface area (Å²) in [5.41, 5.74) is -1.12. The van der Waals surface area contributed by atoms with Gasteiger partial charge in [0.1, 0.15) is 11.9 Å². The third kappa shape index (κ3) is 6.39. The van der Waals surface area contributed by atoms with Gasteiger partial charge in [-0.25, -0.2) is 4.79 Å². The van der Waals surface area contributed by atoms with Crippen LogP contribution in [0.1, 0.15) is 26.0 Å². The molecule has 2 N–H and O–H groups in total. The summed E-state index contributed by atoms with van der Waals surface area (Å²) in [5, 5.41) is 11.4. The second-order valence-corrected chi connectivity index (χ2v) is 5.43. The van der Waals surface area contributed by atoms with Gasteiger partial charge in [-0.1, -0.05) is 13.8 Å². The number of carbonyl (C=O) groups is 2. The summed E-state index contributed by atoms with van der Waals surface area (Å²) in [6.45, 7) is 3.50. The second-order valence-electron chi connectivity index (χ2n) is 5.43. The number of anilines is 1. The molecule has 0 aromatic carbocycles. The molecule has 0 unspecified atom stereocenters. The van der Waals surface area contributed by atoms with E-state index in [2.05, 4.69) is 25.6 Å². The van der Waals surface area contributed by atoms with Crippen LogP contribution in [0.5, 0.6) is 0 Å². The molecule has 0 bridgehead atoms. The predicted molar refractivity (Wildman–Crippen MR) is 78.9 cm³/mol. The summed E-state index contributed by atoms with van der Waals surface area (Å²) >= 11 is 0. The first-order chi connectivity index (χ1) is 11.1. The summed E-state index contributed by atoms with van der Waals surface area (Å²) in [4.78, 5) is 23.4. The van der Waals surface area contributed by atoms with Gasteiger partial charge in [0.15, 0.2) is 5.69 Å². The Balaban J connectivity index is 2.57. The molecular weight excluding hydrogens is 329 g/mol.